The van der Waals surface area contributed by atoms with E-state index >= 15 is 0 Å². The highest BCUT2D eigenvalue weighted by molar-refractivity contribution is 7.12. The molecule has 0 saturated carbocycles. The maximum atomic E-state index is 5.89. The Bertz CT molecular complexity index is 378. The molecule has 0 atom stereocenters. The first kappa shape index (κ1) is 7.83. The number of aromatic nitrogens is 2. The van der Waals surface area contributed by atoms with Gasteiger partial charge < -0.3 is 0 Å². The van der Waals surface area contributed by atoms with E-state index in [1.54, 1.807) is 16.0 Å². The van der Waals surface area contributed by atoms with Gasteiger partial charge in [0.1, 0.15) is 10.2 Å². The summed E-state index contributed by atoms with van der Waals surface area (Å²) in [7, 11) is 0. The second-order valence-electron chi connectivity index (χ2n) is 2.36. The fourth-order valence-corrected chi connectivity index (χ4v) is 1.96. The van der Waals surface area contributed by atoms with Crippen molar-refractivity contribution in [1.29, 1.82) is 0 Å². The summed E-state index contributed by atoms with van der Waals surface area (Å²) in [5.41, 5.74) is 0.813. The zero-order valence-corrected chi connectivity index (χ0v) is 7.99. The van der Waals surface area contributed by atoms with Crippen LogP contribution in [0.3, 0.4) is 0 Å². The molecule has 0 N–H and O–H groups in total. The number of nitrogens with zero attached hydrogens (tertiary/aromatic N) is 2. The van der Waals surface area contributed by atoms with Crippen molar-refractivity contribution < 1.29 is 0 Å². The molecule has 4 heteroatoms. The zero-order chi connectivity index (χ0) is 8.55. The summed E-state index contributed by atoms with van der Waals surface area (Å²) in [4.78, 5) is 0. The third-order valence-electron chi connectivity index (χ3n) is 1.43. The first-order valence-corrected chi connectivity index (χ1v) is 4.71. The number of halogens is 1. The van der Waals surface area contributed by atoms with Crippen LogP contribution in [0.25, 0.3) is 5.00 Å². The maximum absolute atomic E-state index is 5.89. The van der Waals surface area contributed by atoms with Crippen LogP contribution in [0.2, 0.25) is 5.15 Å². The third kappa shape index (κ3) is 1.26. The molecule has 0 saturated heterocycles. The van der Waals surface area contributed by atoms with E-state index in [0.29, 0.717) is 5.15 Å². The van der Waals surface area contributed by atoms with Crippen LogP contribution in [0, 0.1) is 13.0 Å². The van der Waals surface area contributed by atoms with Crippen LogP contribution in [-0.2, 0) is 0 Å². The van der Waals surface area contributed by atoms with Gasteiger partial charge in [-0.15, -0.1) is 11.3 Å². The van der Waals surface area contributed by atoms with Crippen molar-refractivity contribution >= 4 is 22.9 Å². The summed E-state index contributed by atoms with van der Waals surface area (Å²) in [6.07, 6.45) is 0. The maximum Gasteiger partial charge on any atom is 0.142 e. The molecule has 2 heterocycles. The van der Waals surface area contributed by atoms with Gasteiger partial charge >= 0.3 is 0 Å². The fourth-order valence-electron chi connectivity index (χ4n) is 0.958. The molecule has 0 fully saturated rings. The minimum absolute atomic E-state index is 0.537. The predicted molar refractivity (Wildman–Crippen MR) is 50.0 cm³/mol. The van der Waals surface area contributed by atoms with Gasteiger partial charge in [0, 0.05) is 6.07 Å². The van der Waals surface area contributed by atoms with Crippen molar-refractivity contribution in [3.05, 3.63) is 34.4 Å². The van der Waals surface area contributed by atoms with Gasteiger partial charge in [-0.25, -0.2) is 4.68 Å². The SMILES string of the molecule is Cc1[c]c(Cl)n(-c2cccs2)n1. The first-order valence-electron chi connectivity index (χ1n) is 3.45. The van der Waals surface area contributed by atoms with Crippen LogP contribution in [0.4, 0.5) is 0 Å². The topological polar surface area (TPSA) is 17.8 Å². The van der Waals surface area contributed by atoms with Gasteiger partial charge in [-0.3, -0.25) is 0 Å². The Hall–Kier alpha value is -0.800. The number of rotatable bonds is 1. The predicted octanol–water partition coefficient (Wildman–Crippen LogP) is 2.70. The molecule has 0 aromatic carbocycles. The standard InChI is InChI=1S/C8H6ClN2S/c1-6-5-7(9)11(10-6)8-3-2-4-12-8/h2-4H,1H3. The highest BCUT2D eigenvalue weighted by Crippen LogP contribution is 2.19. The lowest BCUT2D eigenvalue weighted by Gasteiger charge is -1.95. The zero-order valence-electron chi connectivity index (χ0n) is 6.41. The summed E-state index contributed by atoms with van der Waals surface area (Å²) in [6.45, 7) is 1.87. The van der Waals surface area contributed by atoms with E-state index in [-0.39, 0.29) is 0 Å². The largest absolute Gasteiger partial charge is 0.211 e. The van der Waals surface area contributed by atoms with Crippen LogP contribution >= 0.6 is 22.9 Å². The lowest BCUT2D eigenvalue weighted by atomic mass is 10.5. The second-order valence-corrected chi connectivity index (χ2v) is 3.65. The summed E-state index contributed by atoms with van der Waals surface area (Å²) in [5, 5.41) is 7.74. The molecule has 12 heavy (non-hydrogen) atoms. The number of hydrogen-bond acceptors (Lipinski definition) is 2. The van der Waals surface area contributed by atoms with E-state index in [0.717, 1.165) is 10.7 Å². The highest BCUT2D eigenvalue weighted by Gasteiger charge is 2.05. The van der Waals surface area contributed by atoms with E-state index < -0.39 is 0 Å². The molecule has 0 spiro atoms. The number of thiophene rings is 1. The molecule has 0 bridgehead atoms. The van der Waals surface area contributed by atoms with E-state index in [1.807, 2.05) is 24.4 Å². The summed E-state index contributed by atoms with van der Waals surface area (Å²) in [5.74, 6) is 0. The number of aryl methyl sites for hydroxylation is 1. The van der Waals surface area contributed by atoms with Gasteiger partial charge in [0.15, 0.2) is 0 Å². The molecule has 2 aromatic rings. The van der Waals surface area contributed by atoms with Gasteiger partial charge in [0.05, 0.1) is 5.69 Å². The fraction of sp³-hybridized carbons (Fsp3) is 0.125. The lowest BCUT2D eigenvalue weighted by Crippen LogP contribution is -1.92. The van der Waals surface area contributed by atoms with Crippen molar-refractivity contribution in [3.8, 4) is 5.00 Å². The van der Waals surface area contributed by atoms with Crippen molar-refractivity contribution in [2.24, 2.45) is 0 Å². The monoisotopic (exact) mass is 197 g/mol. The Morgan fingerprint density at radius 2 is 2.50 bits per heavy atom. The van der Waals surface area contributed by atoms with Gasteiger partial charge in [-0.05, 0) is 24.4 Å². The Kier molecular flexibility index (Phi) is 1.90. The summed E-state index contributed by atoms with van der Waals surface area (Å²) < 4.78 is 1.68. The van der Waals surface area contributed by atoms with Crippen LogP contribution < -0.4 is 0 Å². The molecule has 1 radical (unpaired) electrons. The molecule has 0 aliphatic carbocycles. The molecular weight excluding hydrogens is 192 g/mol. The number of hydrogen-bond donors (Lipinski definition) is 0. The molecule has 61 valence electrons. The van der Waals surface area contributed by atoms with Crippen molar-refractivity contribution in [2.45, 2.75) is 6.92 Å². The lowest BCUT2D eigenvalue weighted by molar-refractivity contribution is 0.879. The minimum atomic E-state index is 0.537. The second kappa shape index (κ2) is 2.92. The highest BCUT2D eigenvalue weighted by atomic mass is 35.5. The van der Waals surface area contributed by atoms with Crippen LogP contribution in [0.15, 0.2) is 17.5 Å². The Morgan fingerprint density at radius 3 is 3.00 bits per heavy atom. The van der Waals surface area contributed by atoms with Gasteiger partial charge in [-0.1, -0.05) is 11.6 Å². The minimum Gasteiger partial charge on any atom is -0.211 e. The molecule has 0 aliphatic rings. The molecule has 2 aromatic heterocycles. The van der Waals surface area contributed by atoms with E-state index in [9.17, 15) is 0 Å². The molecule has 2 nitrogen and oxygen atoms in total. The van der Waals surface area contributed by atoms with Crippen molar-refractivity contribution in [2.75, 3.05) is 0 Å². The summed E-state index contributed by atoms with van der Waals surface area (Å²) in [6, 6.07) is 6.85. The van der Waals surface area contributed by atoms with Crippen molar-refractivity contribution in [3.63, 3.8) is 0 Å². The van der Waals surface area contributed by atoms with Crippen LogP contribution in [0.5, 0.6) is 0 Å². The van der Waals surface area contributed by atoms with Gasteiger partial charge in [0.2, 0.25) is 0 Å². The van der Waals surface area contributed by atoms with E-state index in [4.69, 9.17) is 11.6 Å². The first-order chi connectivity index (χ1) is 5.77. The molecule has 2 rings (SSSR count). The van der Waals surface area contributed by atoms with Gasteiger partial charge in [0.25, 0.3) is 0 Å². The molecule has 0 amide bonds. The normalized spacial score (nSPS) is 10.5. The van der Waals surface area contributed by atoms with E-state index in [1.165, 1.54) is 0 Å². The molecular formula is C8H6ClN2S. The summed E-state index contributed by atoms with van der Waals surface area (Å²) >= 11 is 7.49. The Labute approximate surface area is 79.4 Å². The van der Waals surface area contributed by atoms with Crippen LogP contribution in [0.1, 0.15) is 5.69 Å². The Morgan fingerprint density at radius 1 is 1.67 bits per heavy atom. The van der Waals surface area contributed by atoms with Gasteiger partial charge in [-0.2, -0.15) is 5.10 Å². The average molecular weight is 198 g/mol. The quantitative estimate of drug-likeness (QED) is 0.688. The third-order valence-corrected chi connectivity index (χ3v) is 2.53. The van der Waals surface area contributed by atoms with E-state index in [2.05, 4.69) is 11.2 Å². The molecule has 0 aliphatic heterocycles. The smallest absolute Gasteiger partial charge is 0.142 e. The van der Waals surface area contributed by atoms with Crippen molar-refractivity contribution in [1.82, 2.24) is 9.78 Å². The molecule has 0 unspecified atom stereocenters. The average Bonchev–Trinajstić information content (AvgIpc) is 2.58. The Balaban J connectivity index is 2.54. The van der Waals surface area contributed by atoms with Crippen LogP contribution in [-0.4, -0.2) is 9.78 Å².